The van der Waals surface area contributed by atoms with Crippen LogP contribution in [0.5, 0.6) is 17.2 Å². The Hall–Kier alpha value is -3.36. The summed E-state index contributed by atoms with van der Waals surface area (Å²) in [4.78, 5) is 23.5. The van der Waals surface area contributed by atoms with Gasteiger partial charge in [-0.2, -0.15) is 8.78 Å². The molecule has 0 aromatic heterocycles. The zero-order valence-electron chi connectivity index (χ0n) is 15.0. The van der Waals surface area contributed by atoms with Gasteiger partial charge in [0.05, 0.1) is 25.8 Å². The van der Waals surface area contributed by atoms with Gasteiger partial charge in [0.25, 0.3) is 5.91 Å². The summed E-state index contributed by atoms with van der Waals surface area (Å²) in [6, 6.07) is 12.5. The molecule has 7 nitrogen and oxygen atoms in total. The Kier molecular flexibility index (Phi) is 8.01. The van der Waals surface area contributed by atoms with E-state index in [2.05, 4.69) is 10.1 Å². The minimum Gasteiger partial charge on any atom is -0.497 e. The molecule has 0 saturated heterocycles. The molecule has 0 heterocycles. The van der Waals surface area contributed by atoms with Crippen LogP contribution < -0.4 is 19.5 Å². The Balaban J connectivity index is 1.71. The van der Waals surface area contributed by atoms with Crippen LogP contribution >= 0.6 is 0 Å². The minimum absolute atomic E-state index is 0.0479. The van der Waals surface area contributed by atoms with Crippen molar-refractivity contribution in [1.82, 2.24) is 0 Å². The second kappa shape index (κ2) is 10.7. The van der Waals surface area contributed by atoms with E-state index >= 15 is 0 Å². The molecule has 28 heavy (non-hydrogen) atoms. The van der Waals surface area contributed by atoms with E-state index in [4.69, 9.17) is 14.2 Å². The Morgan fingerprint density at radius 1 is 1.04 bits per heavy atom. The van der Waals surface area contributed by atoms with Crippen molar-refractivity contribution >= 4 is 17.6 Å². The number of halogens is 2. The molecule has 2 rings (SSSR count). The van der Waals surface area contributed by atoms with E-state index < -0.39 is 25.1 Å². The molecule has 150 valence electrons. The summed E-state index contributed by atoms with van der Waals surface area (Å²) in [5, 5.41) is 2.35. The van der Waals surface area contributed by atoms with E-state index in [-0.39, 0.29) is 24.5 Å². The zero-order valence-corrected chi connectivity index (χ0v) is 15.0. The maximum Gasteiger partial charge on any atom is 0.387 e. The smallest absolute Gasteiger partial charge is 0.387 e. The SMILES string of the molecule is COc1ccc(OCCC(=O)OCC(=O)Nc2ccccc2OC(F)F)cc1. The van der Waals surface area contributed by atoms with Gasteiger partial charge in [0.1, 0.15) is 17.2 Å². The van der Waals surface area contributed by atoms with Gasteiger partial charge in [-0.25, -0.2) is 0 Å². The first-order chi connectivity index (χ1) is 13.5. The summed E-state index contributed by atoms with van der Waals surface area (Å²) in [6.45, 7) is -3.52. The Morgan fingerprint density at radius 3 is 2.39 bits per heavy atom. The van der Waals surface area contributed by atoms with E-state index in [1.54, 1.807) is 31.4 Å². The van der Waals surface area contributed by atoms with Crippen LogP contribution in [0, 0.1) is 0 Å². The third-order valence-corrected chi connectivity index (χ3v) is 3.38. The summed E-state index contributed by atoms with van der Waals surface area (Å²) in [5.74, 6) is -0.277. The monoisotopic (exact) mass is 395 g/mol. The lowest BCUT2D eigenvalue weighted by Gasteiger charge is -2.12. The van der Waals surface area contributed by atoms with Gasteiger partial charge >= 0.3 is 12.6 Å². The number of hydrogen-bond acceptors (Lipinski definition) is 6. The first-order valence-electron chi connectivity index (χ1n) is 8.24. The van der Waals surface area contributed by atoms with Crippen molar-refractivity contribution in [2.45, 2.75) is 13.0 Å². The van der Waals surface area contributed by atoms with Gasteiger partial charge in [0.15, 0.2) is 6.61 Å². The van der Waals surface area contributed by atoms with Crippen molar-refractivity contribution in [2.24, 2.45) is 0 Å². The van der Waals surface area contributed by atoms with Crippen molar-refractivity contribution < 1.29 is 37.3 Å². The van der Waals surface area contributed by atoms with E-state index in [0.29, 0.717) is 11.5 Å². The maximum atomic E-state index is 12.3. The van der Waals surface area contributed by atoms with Crippen LogP contribution in [0.25, 0.3) is 0 Å². The fourth-order valence-electron chi connectivity index (χ4n) is 2.10. The Morgan fingerprint density at radius 2 is 1.71 bits per heavy atom. The number of carbonyl (C=O) groups is 2. The molecule has 0 aliphatic carbocycles. The number of nitrogens with one attached hydrogen (secondary N) is 1. The number of rotatable bonds is 10. The highest BCUT2D eigenvalue weighted by molar-refractivity contribution is 5.94. The molecule has 0 unspecified atom stereocenters. The zero-order chi connectivity index (χ0) is 20.4. The van der Waals surface area contributed by atoms with Crippen LogP contribution in [-0.2, 0) is 14.3 Å². The van der Waals surface area contributed by atoms with E-state index in [9.17, 15) is 18.4 Å². The van der Waals surface area contributed by atoms with Gasteiger partial charge in [0.2, 0.25) is 0 Å². The van der Waals surface area contributed by atoms with Crippen molar-refractivity contribution in [1.29, 1.82) is 0 Å². The molecule has 1 amide bonds. The number of benzene rings is 2. The van der Waals surface area contributed by atoms with Crippen molar-refractivity contribution in [3.05, 3.63) is 48.5 Å². The molecule has 0 spiro atoms. The van der Waals surface area contributed by atoms with Crippen LogP contribution in [0.2, 0.25) is 0 Å². The first kappa shape index (κ1) is 20.9. The van der Waals surface area contributed by atoms with E-state index in [1.165, 1.54) is 24.3 Å². The number of anilines is 1. The molecular weight excluding hydrogens is 376 g/mol. The normalized spacial score (nSPS) is 10.3. The second-order valence-corrected chi connectivity index (χ2v) is 5.36. The number of hydrogen-bond donors (Lipinski definition) is 1. The molecule has 0 fully saturated rings. The fraction of sp³-hybridized carbons (Fsp3) is 0.263. The largest absolute Gasteiger partial charge is 0.497 e. The maximum absolute atomic E-state index is 12.3. The molecule has 0 bridgehead atoms. The Bertz CT molecular complexity index is 782. The number of methoxy groups -OCH3 is 1. The van der Waals surface area contributed by atoms with Crippen molar-refractivity contribution in [3.63, 3.8) is 0 Å². The molecule has 0 saturated carbocycles. The minimum atomic E-state index is -3.03. The number of para-hydroxylation sites is 2. The van der Waals surface area contributed by atoms with Gasteiger partial charge < -0.3 is 24.3 Å². The molecule has 0 radical (unpaired) electrons. The quantitative estimate of drug-likeness (QED) is 0.622. The molecule has 0 aliphatic heterocycles. The highest BCUT2D eigenvalue weighted by atomic mass is 19.3. The topological polar surface area (TPSA) is 83.1 Å². The van der Waals surface area contributed by atoms with Crippen LogP contribution in [0.3, 0.4) is 0 Å². The average molecular weight is 395 g/mol. The van der Waals surface area contributed by atoms with Gasteiger partial charge in [-0.15, -0.1) is 0 Å². The molecule has 2 aromatic rings. The average Bonchev–Trinajstić information content (AvgIpc) is 2.68. The second-order valence-electron chi connectivity index (χ2n) is 5.36. The highest BCUT2D eigenvalue weighted by Crippen LogP contribution is 2.25. The van der Waals surface area contributed by atoms with Gasteiger partial charge in [0, 0.05) is 0 Å². The van der Waals surface area contributed by atoms with Crippen LogP contribution in [0.4, 0.5) is 14.5 Å². The first-order valence-corrected chi connectivity index (χ1v) is 8.24. The summed E-state index contributed by atoms with van der Waals surface area (Å²) in [7, 11) is 1.55. The lowest BCUT2D eigenvalue weighted by molar-refractivity contribution is -0.147. The molecule has 1 N–H and O–H groups in total. The number of alkyl halides is 2. The summed E-state index contributed by atoms with van der Waals surface area (Å²) >= 11 is 0. The van der Waals surface area contributed by atoms with Gasteiger partial charge in [-0.1, -0.05) is 12.1 Å². The van der Waals surface area contributed by atoms with Crippen molar-refractivity contribution in [2.75, 3.05) is 25.6 Å². The van der Waals surface area contributed by atoms with Gasteiger partial charge in [-0.3, -0.25) is 9.59 Å². The predicted octanol–water partition coefficient (Wildman–Crippen LogP) is 3.25. The van der Waals surface area contributed by atoms with Crippen molar-refractivity contribution in [3.8, 4) is 17.2 Å². The number of amides is 1. The number of esters is 1. The molecule has 2 aromatic carbocycles. The summed E-state index contributed by atoms with van der Waals surface area (Å²) in [6.07, 6.45) is -0.0651. The van der Waals surface area contributed by atoms with Crippen LogP contribution in [-0.4, -0.2) is 38.8 Å². The lowest BCUT2D eigenvalue weighted by Crippen LogP contribution is -2.22. The van der Waals surface area contributed by atoms with Crippen LogP contribution in [0.15, 0.2) is 48.5 Å². The van der Waals surface area contributed by atoms with E-state index in [1.807, 2.05) is 0 Å². The molecule has 0 atom stereocenters. The predicted molar refractivity (Wildman–Crippen MR) is 95.8 cm³/mol. The third kappa shape index (κ3) is 7.10. The summed E-state index contributed by atoms with van der Waals surface area (Å²) in [5.41, 5.74) is 0.0479. The molecular formula is C19H19F2NO6. The highest BCUT2D eigenvalue weighted by Gasteiger charge is 2.13. The third-order valence-electron chi connectivity index (χ3n) is 3.38. The Labute approximate surface area is 160 Å². The van der Waals surface area contributed by atoms with E-state index in [0.717, 1.165) is 0 Å². The van der Waals surface area contributed by atoms with Gasteiger partial charge in [-0.05, 0) is 36.4 Å². The lowest BCUT2D eigenvalue weighted by atomic mass is 10.3. The number of carbonyl (C=O) groups excluding carboxylic acids is 2. The number of ether oxygens (including phenoxy) is 4. The summed E-state index contributed by atoms with van der Waals surface area (Å²) < 4.78 is 44.2. The molecule has 0 aliphatic rings. The fourth-order valence-corrected chi connectivity index (χ4v) is 2.10. The standard InChI is InChI=1S/C19H19F2NO6/c1-25-13-6-8-14(9-7-13)26-11-10-18(24)27-12-17(23)22-15-4-2-3-5-16(15)28-19(20)21/h2-9,19H,10-12H2,1H3,(H,22,23). The van der Waals surface area contributed by atoms with Crippen LogP contribution in [0.1, 0.15) is 6.42 Å². The molecule has 9 heteroatoms.